The first-order valence-corrected chi connectivity index (χ1v) is 10.9. The number of hydrogen-bond donors (Lipinski definition) is 2. The SMILES string of the molecule is NCCC1(C2CCCCC2)CCN(C(=O)[C@H](N)Cc2ccc(Cl)cc2)CC1. The Labute approximate surface area is 168 Å². The molecule has 2 fully saturated rings. The van der Waals surface area contributed by atoms with E-state index in [1.54, 1.807) is 0 Å². The van der Waals surface area contributed by atoms with Crippen LogP contribution in [0.2, 0.25) is 5.02 Å². The van der Waals surface area contributed by atoms with Gasteiger partial charge >= 0.3 is 0 Å². The van der Waals surface area contributed by atoms with Crippen LogP contribution >= 0.6 is 11.6 Å². The molecule has 1 heterocycles. The molecule has 150 valence electrons. The largest absolute Gasteiger partial charge is 0.341 e. The van der Waals surface area contributed by atoms with E-state index in [9.17, 15) is 4.79 Å². The normalized spacial score (nSPS) is 21.8. The lowest BCUT2D eigenvalue weighted by Gasteiger charge is -2.48. The van der Waals surface area contributed by atoms with Crippen LogP contribution < -0.4 is 11.5 Å². The monoisotopic (exact) mass is 391 g/mol. The summed E-state index contributed by atoms with van der Waals surface area (Å²) in [6, 6.07) is 7.10. The van der Waals surface area contributed by atoms with E-state index < -0.39 is 6.04 Å². The molecule has 1 aromatic carbocycles. The van der Waals surface area contributed by atoms with Gasteiger partial charge in [0.25, 0.3) is 0 Å². The first-order valence-electron chi connectivity index (χ1n) is 10.5. The number of piperidine rings is 1. The van der Waals surface area contributed by atoms with Crippen LogP contribution in [-0.4, -0.2) is 36.5 Å². The Morgan fingerprint density at radius 2 is 1.78 bits per heavy atom. The molecule has 5 heteroatoms. The van der Waals surface area contributed by atoms with Crippen LogP contribution in [0.4, 0.5) is 0 Å². The van der Waals surface area contributed by atoms with Gasteiger partial charge in [-0.3, -0.25) is 4.79 Å². The van der Waals surface area contributed by atoms with Crippen molar-refractivity contribution < 1.29 is 4.79 Å². The highest BCUT2D eigenvalue weighted by atomic mass is 35.5. The lowest BCUT2D eigenvalue weighted by molar-refractivity contribution is -0.136. The summed E-state index contributed by atoms with van der Waals surface area (Å²) in [5, 5.41) is 0.702. The second kappa shape index (κ2) is 9.40. The van der Waals surface area contributed by atoms with Gasteiger partial charge < -0.3 is 16.4 Å². The van der Waals surface area contributed by atoms with E-state index in [-0.39, 0.29) is 5.91 Å². The Morgan fingerprint density at radius 1 is 1.15 bits per heavy atom. The van der Waals surface area contributed by atoms with Gasteiger partial charge in [-0.15, -0.1) is 0 Å². The Morgan fingerprint density at radius 3 is 2.37 bits per heavy atom. The zero-order chi connectivity index (χ0) is 19.3. The Balaban J connectivity index is 1.57. The summed E-state index contributed by atoms with van der Waals surface area (Å²) in [6.45, 7) is 2.40. The number of nitrogens with two attached hydrogens (primary N) is 2. The molecule has 27 heavy (non-hydrogen) atoms. The highest BCUT2D eigenvalue weighted by Crippen LogP contribution is 2.48. The average molecular weight is 392 g/mol. The molecule has 4 N–H and O–H groups in total. The molecular formula is C22H34ClN3O. The molecule has 1 amide bonds. The molecule has 4 nitrogen and oxygen atoms in total. The summed E-state index contributed by atoms with van der Waals surface area (Å²) in [5.74, 6) is 0.865. The fourth-order valence-corrected chi connectivity index (χ4v) is 5.36. The van der Waals surface area contributed by atoms with Gasteiger partial charge in [0.2, 0.25) is 5.91 Å². The summed E-state index contributed by atoms with van der Waals surface area (Å²) in [4.78, 5) is 14.8. The van der Waals surface area contributed by atoms with Crippen molar-refractivity contribution >= 4 is 17.5 Å². The lowest BCUT2D eigenvalue weighted by Crippen LogP contribution is -2.52. The van der Waals surface area contributed by atoms with E-state index in [4.69, 9.17) is 23.1 Å². The van der Waals surface area contributed by atoms with Gasteiger partial charge in [0.05, 0.1) is 6.04 Å². The highest BCUT2D eigenvalue weighted by Gasteiger charge is 2.42. The molecule has 0 aromatic heterocycles. The third kappa shape index (κ3) is 5.04. The maximum Gasteiger partial charge on any atom is 0.239 e. The molecule has 1 aliphatic heterocycles. The fourth-order valence-electron chi connectivity index (χ4n) is 5.23. The van der Waals surface area contributed by atoms with Gasteiger partial charge in [-0.2, -0.15) is 0 Å². The lowest BCUT2D eigenvalue weighted by atomic mass is 9.62. The zero-order valence-corrected chi connectivity index (χ0v) is 17.1. The summed E-state index contributed by atoms with van der Waals surface area (Å²) in [6.07, 6.45) is 10.6. The van der Waals surface area contributed by atoms with Crippen LogP contribution in [0.15, 0.2) is 24.3 Å². The van der Waals surface area contributed by atoms with Gasteiger partial charge in [-0.25, -0.2) is 0 Å². The van der Waals surface area contributed by atoms with Crippen molar-refractivity contribution in [3.8, 4) is 0 Å². The van der Waals surface area contributed by atoms with Gasteiger partial charge in [0.1, 0.15) is 0 Å². The number of halogens is 1. The van der Waals surface area contributed by atoms with Crippen LogP contribution in [0.1, 0.15) is 56.9 Å². The number of hydrogen-bond acceptors (Lipinski definition) is 3. The number of benzene rings is 1. The smallest absolute Gasteiger partial charge is 0.239 e. The Kier molecular flexibility index (Phi) is 7.18. The van der Waals surface area contributed by atoms with Crippen LogP contribution in [0, 0.1) is 11.3 Å². The molecule has 1 saturated carbocycles. The number of rotatable bonds is 6. The Hall–Kier alpha value is -1.10. The molecule has 2 aliphatic rings. The predicted molar refractivity (Wildman–Crippen MR) is 112 cm³/mol. The van der Waals surface area contributed by atoms with Gasteiger partial charge in [0, 0.05) is 18.1 Å². The molecular weight excluding hydrogens is 358 g/mol. The molecule has 0 bridgehead atoms. The minimum atomic E-state index is -0.483. The van der Waals surface area contributed by atoms with Crippen molar-refractivity contribution in [2.45, 2.75) is 63.8 Å². The maximum absolute atomic E-state index is 12.9. The average Bonchev–Trinajstić information content (AvgIpc) is 2.70. The van der Waals surface area contributed by atoms with Crippen LogP contribution in [0.25, 0.3) is 0 Å². The third-order valence-corrected chi connectivity index (χ3v) is 7.12. The van der Waals surface area contributed by atoms with E-state index in [1.165, 1.54) is 32.1 Å². The molecule has 0 unspecified atom stereocenters. The quantitative estimate of drug-likeness (QED) is 0.775. The van der Waals surface area contributed by atoms with Gasteiger partial charge in [0.15, 0.2) is 0 Å². The number of carbonyl (C=O) groups is 1. The third-order valence-electron chi connectivity index (χ3n) is 6.87. The summed E-state index contributed by atoms with van der Waals surface area (Å²) in [7, 11) is 0. The van der Waals surface area contributed by atoms with Crippen molar-refractivity contribution in [3.05, 3.63) is 34.9 Å². The summed E-state index contributed by atoms with van der Waals surface area (Å²) in [5.41, 5.74) is 13.6. The van der Waals surface area contributed by atoms with Crippen LogP contribution in [-0.2, 0) is 11.2 Å². The number of amides is 1. The standard InChI is InChI=1S/C22H34ClN3O/c23-19-8-6-17(7-9-19)16-20(25)21(27)26-14-11-22(10-13-24,12-15-26)18-4-2-1-3-5-18/h6-9,18,20H,1-5,10-16,24-25H2/t20-/m1/s1. The molecule has 3 rings (SSSR count). The first-order chi connectivity index (χ1) is 13.0. The van der Waals surface area contributed by atoms with E-state index in [1.807, 2.05) is 29.2 Å². The van der Waals surface area contributed by atoms with Crippen LogP contribution in [0.5, 0.6) is 0 Å². The fraction of sp³-hybridized carbons (Fsp3) is 0.682. The summed E-state index contributed by atoms with van der Waals surface area (Å²) >= 11 is 5.93. The van der Waals surface area contributed by atoms with Gasteiger partial charge in [-0.1, -0.05) is 43.0 Å². The number of carbonyl (C=O) groups excluding carboxylic acids is 1. The van der Waals surface area contributed by atoms with E-state index in [0.717, 1.165) is 50.4 Å². The summed E-state index contributed by atoms with van der Waals surface area (Å²) < 4.78 is 0. The zero-order valence-electron chi connectivity index (χ0n) is 16.3. The minimum absolute atomic E-state index is 0.0787. The minimum Gasteiger partial charge on any atom is -0.341 e. The van der Waals surface area contributed by atoms with Crippen molar-refractivity contribution in [1.82, 2.24) is 4.90 Å². The van der Waals surface area contributed by atoms with Crippen molar-refractivity contribution in [1.29, 1.82) is 0 Å². The Bertz CT molecular complexity index is 604. The molecule has 1 saturated heterocycles. The second-order valence-electron chi connectivity index (χ2n) is 8.50. The van der Waals surface area contributed by atoms with Gasteiger partial charge in [-0.05, 0) is 74.1 Å². The topological polar surface area (TPSA) is 72.3 Å². The molecule has 0 spiro atoms. The molecule has 1 aliphatic carbocycles. The number of nitrogens with zero attached hydrogens (tertiary/aromatic N) is 1. The second-order valence-corrected chi connectivity index (χ2v) is 8.93. The van der Waals surface area contributed by atoms with Crippen molar-refractivity contribution in [2.75, 3.05) is 19.6 Å². The van der Waals surface area contributed by atoms with Crippen molar-refractivity contribution in [3.63, 3.8) is 0 Å². The first kappa shape index (κ1) is 20.6. The molecule has 1 atom stereocenters. The molecule has 1 aromatic rings. The van der Waals surface area contributed by atoms with E-state index in [2.05, 4.69) is 0 Å². The maximum atomic E-state index is 12.9. The van der Waals surface area contributed by atoms with E-state index >= 15 is 0 Å². The van der Waals surface area contributed by atoms with Crippen LogP contribution in [0.3, 0.4) is 0 Å². The molecule has 0 radical (unpaired) electrons. The van der Waals surface area contributed by atoms with E-state index in [0.29, 0.717) is 16.9 Å². The van der Waals surface area contributed by atoms with Crippen molar-refractivity contribution in [2.24, 2.45) is 22.8 Å². The number of likely N-dealkylation sites (tertiary alicyclic amines) is 1. The predicted octanol–water partition coefficient (Wildman–Crippen LogP) is 3.75. The highest BCUT2D eigenvalue weighted by molar-refractivity contribution is 6.30.